The maximum absolute atomic E-state index is 14.1. The van der Waals surface area contributed by atoms with E-state index in [0.29, 0.717) is 32.9 Å². The van der Waals surface area contributed by atoms with Crippen LogP contribution >= 0.6 is 15.9 Å². The Morgan fingerprint density at radius 1 is 1.30 bits per heavy atom. The fraction of sp³-hybridized carbons (Fsp3) is 0.188. The van der Waals surface area contributed by atoms with E-state index in [1.54, 1.807) is 18.2 Å². The highest BCUT2D eigenvalue weighted by Gasteiger charge is 2.28. The van der Waals surface area contributed by atoms with Crippen molar-refractivity contribution < 1.29 is 14.3 Å². The van der Waals surface area contributed by atoms with E-state index in [4.69, 9.17) is 0 Å². The van der Waals surface area contributed by atoms with Crippen molar-refractivity contribution in [3.05, 3.63) is 45.8 Å². The lowest BCUT2D eigenvalue weighted by Crippen LogP contribution is -2.02. The average molecular weight is 376 g/mol. The van der Waals surface area contributed by atoms with E-state index in [9.17, 15) is 14.3 Å². The van der Waals surface area contributed by atoms with Gasteiger partial charge < -0.3 is 10.1 Å². The molecule has 0 spiro atoms. The van der Waals surface area contributed by atoms with Gasteiger partial charge in [-0.1, -0.05) is 15.9 Å². The third-order valence-electron chi connectivity index (χ3n) is 3.91. The van der Waals surface area contributed by atoms with Gasteiger partial charge in [0.05, 0.1) is 11.1 Å². The molecule has 0 aliphatic heterocycles. The molecule has 23 heavy (non-hydrogen) atoms. The van der Waals surface area contributed by atoms with Gasteiger partial charge >= 0.3 is 5.97 Å². The number of hydrogen-bond donors (Lipinski definition) is 2. The van der Waals surface area contributed by atoms with E-state index >= 15 is 0 Å². The lowest BCUT2D eigenvalue weighted by Gasteiger charge is -2.01. The number of aromatic carboxylic acids is 1. The molecule has 7 heteroatoms. The normalized spacial score (nSPS) is 14.3. The molecule has 0 radical (unpaired) electrons. The third-order valence-corrected chi connectivity index (χ3v) is 4.41. The number of rotatable bonds is 3. The van der Waals surface area contributed by atoms with Gasteiger partial charge in [-0.15, -0.1) is 0 Å². The molecule has 1 aliphatic carbocycles. The van der Waals surface area contributed by atoms with Gasteiger partial charge in [-0.05, 0) is 48.6 Å². The lowest BCUT2D eigenvalue weighted by atomic mass is 10.1. The van der Waals surface area contributed by atoms with Gasteiger partial charge in [0.15, 0.2) is 11.3 Å². The molecule has 1 fully saturated rings. The molecule has 4 rings (SSSR count). The number of carbonyl (C=O) groups is 1. The molecule has 2 heterocycles. The van der Waals surface area contributed by atoms with Crippen LogP contribution in [-0.4, -0.2) is 26.0 Å². The number of halogens is 2. The highest BCUT2D eigenvalue weighted by Crippen LogP contribution is 2.43. The molecular weight excluding hydrogens is 365 g/mol. The number of aromatic amines is 1. The van der Waals surface area contributed by atoms with E-state index in [1.165, 1.54) is 6.07 Å². The van der Waals surface area contributed by atoms with Gasteiger partial charge in [0.2, 0.25) is 0 Å². The number of fused-ring (bicyclic) bond motifs is 1. The van der Waals surface area contributed by atoms with E-state index in [-0.39, 0.29) is 5.69 Å². The van der Waals surface area contributed by atoms with Crippen molar-refractivity contribution in [1.29, 1.82) is 0 Å². The van der Waals surface area contributed by atoms with Crippen LogP contribution in [-0.2, 0) is 0 Å². The molecule has 5 nitrogen and oxygen atoms in total. The Labute approximate surface area is 138 Å². The molecule has 1 aliphatic rings. The van der Waals surface area contributed by atoms with Crippen molar-refractivity contribution >= 4 is 33.1 Å². The summed E-state index contributed by atoms with van der Waals surface area (Å²) in [6, 6.07) is 6.29. The number of benzene rings is 1. The first-order valence-electron chi connectivity index (χ1n) is 7.12. The molecule has 1 saturated carbocycles. The summed E-state index contributed by atoms with van der Waals surface area (Å²) in [7, 11) is 0. The highest BCUT2D eigenvalue weighted by molar-refractivity contribution is 9.10. The number of carboxylic acids is 1. The molecule has 0 saturated heterocycles. The fourth-order valence-electron chi connectivity index (χ4n) is 2.65. The summed E-state index contributed by atoms with van der Waals surface area (Å²) in [5.74, 6) is -0.832. The Bertz CT molecular complexity index is 950. The number of imidazole rings is 1. The van der Waals surface area contributed by atoms with Crippen LogP contribution in [0.4, 0.5) is 4.39 Å². The minimum Gasteiger partial charge on any atom is -0.477 e. The molecule has 2 N–H and O–H groups in total. The van der Waals surface area contributed by atoms with Gasteiger partial charge in [-0.2, -0.15) is 0 Å². The van der Waals surface area contributed by atoms with Gasteiger partial charge in [-0.25, -0.2) is 19.2 Å². The number of H-pyrrole nitrogens is 1. The van der Waals surface area contributed by atoms with Crippen LogP contribution < -0.4 is 0 Å². The first kappa shape index (κ1) is 14.3. The summed E-state index contributed by atoms with van der Waals surface area (Å²) in [6.07, 6.45) is 2.03. The Morgan fingerprint density at radius 3 is 2.74 bits per heavy atom. The number of aromatic nitrogens is 3. The Balaban J connectivity index is 1.93. The topological polar surface area (TPSA) is 78.9 Å². The van der Waals surface area contributed by atoms with Crippen molar-refractivity contribution in [2.75, 3.05) is 0 Å². The van der Waals surface area contributed by atoms with Gasteiger partial charge in [0.1, 0.15) is 11.6 Å². The summed E-state index contributed by atoms with van der Waals surface area (Å²) < 4.78 is 14.8. The van der Waals surface area contributed by atoms with Gasteiger partial charge in [-0.3, -0.25) is 0 Å². The predicted octanol–water partition coefficient (Wildman–Crippen LogP) is 4.10. The van der Waals surface area contributed by atoms with E-state index in [2.05, 4.69) is 30.9 Å². The molecule has 0 amide bonds. The van der Waals surface area contributed by atoms with Crippen molar-refractivity contribution in [2.24, 2.45) is 0 Å². The van der Waals surface area contributed by atoms with Crippen LogP contribution in [0.2, 0.25) is 0 Å². The van der Waals surface area contributed by atoms with E-state index < -0.39 is 11.8 Å². The summed E-state index contributed by atoms with van der Waals surface area (Å²) >= 11 is 3.22. The molecule has 0 atom stereocenters. The number of nitrogens with zero attached hydrogens (tertiary/aromatic N) is 2. The summed E-state index contributed by atoms with van der Waals surface area (Å²) in [5.41, 5.74) is 2.18. The molecular formula is C16H11BrFN3O2. The molecule has 0 bridgehead atoms. The summed E-state index contributed by atoms with van der Waals surface area (Å²) in [4.78, 5) is 22.7. The quantitative estimate of drug-likeness (QED) is 0.721. The zero-order chi connectivity index (χ0) is 16.1. The van der Waals surface area contributed by atoms with Crippen LogP contribution in [0.25, 0.3) is 22.6 Å². The molecule has 1 aromatic carbocycles. The second kappa shape index (κ2) is 5.13. The zero-order valence-electron chi connectivity index (χ0n) is 11.8. The maximum Gasteiger partial charge on any atom is 0.354 e. The van der Waals surface area contributed by atoms with Crippen LogP contribution in [0.1, 0.15) is 34.8 Å². The Hall–Kier alpha value is -2.28. The monoisotopic (exact) mass is 375 g/mol. The summed E-state index contributed by atoms with van der Waals surface area (Å²) in [6.45, 7) is 0. The van der Waals surface area contributed by atoms with Crippen LogP contribution in [0.3, 0.4) is 0 Å². The minimum absolute atomic E-state index is 0.0336. The molecule has 3 aromatic rings. The van der Waals surface area contributed by atoms with Crippen molar-refractivity contribution in [1.82, 2.24) is 15.0 Å². The maximum atomic E-state index is 14.1. The molecule has 116 valence electrons. The highest BCUT2D eigenvalue weighted by atomic mass is 79.9. The zero-order valence-corrected chi connectivity index (χ0v) is 13.4. The average Bonchev–Trinajstić information content (AvgIpc) is 3.25. The first-order valence-corrected chi connectivity index (χ1v) is 7.91. The SMILES string of the molecule is O=C(O)c1cc(C2CC2)c2[nH]c(-c3ccc(Br)cc3F)nc2n1. The fourth-order valence-corrected chi connectivity index (χ4v) is 2.98. The number of hydrogen-bond acceptors (Lipinski definition) is 3. The third kappa shape index (κ3) is 2.50. The smallest absolute Gasteiger partial charge is 0.354 e. The standard InChI is InChI=1S/C16H11BrFN3O2/c17-8-3-4-9(11(18)5-8)14-20-13-10(7-1-2-7)6-12(16(22)23)19-15(13)21-14/h3-7H,1-2H2,(H,22,23)(H,19,20,21). The number of nitrogens with one attached hydrogen (secondary N) is 1. The van der Waals surface area contributed by atoms with Crippen LogP contribution in [0.15, 0.2) is 28.7 Å². The summed E-state index contributed by atoms with van der Waals surface area (Å²) in [5, 5.41) is 9.20. The first-order chi connectivity index (χ1) is 11.0. The van der Waals surface area contributed by atoms with Crippen molar-refractivity contribution in [3.8, 4) is 11.4 Å². The Kier molecular flexibility index (Phi) is 3.19. The molecule has 2 aromatic heterocycles. The molecule has 0 unspecified atom stereocenters. The largest absolute Gasteiger partial charge is 0.477 e. The van der Waals surface area contributed by atoms with Crippen molar-refractivity contribution in [3.63, 3.8) is 0 Å². The van der Waals surface area contributed by atoms with Crippen molar-refractivity contribution in [2.45, 2.75) is 18.8 Å². The second-order valence-electron chi connectivity index (χ2n) is 5.58. The van der Waals surface area contributed by atoms with Crippen LogP contribution in [0.5, 0.6) is 0 Å². The Morgan fingerprint density at radius 2 is 2.09 bits per heavy atom. The van der Waals surface area contributed by atoms with Gasteiger partial charge in [0, 0.05) is 4.47 Å². The number of pyridine rings is 1. The van der Waals surface area contributed by atoms with Crippen LogP contribution in [0, 0.1) is 5.82 Å². The van der Waals surface area contributed by atoms with Gasteiger partial charge in [0.25, 0.3) is 0 Å². The number of carboxylic acid groups (broad SMARTS) is 1. The predicted molar refractivity (Wildman–Crippen MR) is 85.9 cm³/mol. The van der Waals surface area contributed by atoms with E-state index in [0.717, 1.165) is 18.4 Å². The van der Waals surface area contributed by atoms with E-state index in [1.807, 2.05) is 0 Å². The lowest BCUT2D eigenvalue weighted by molar-refractivity contribution is 0.0690. The minimum atomic E-state index is -1.09. The second-order valence-corrected chi connectivity index (χ2v) is 6.50.